The summed E-state index contributed by atoms with van der Waals surface area (Å²) in [6, 6.07) is 17.8. The predicted molar refractivity (Wildman–Crippen MR) is 153 cm³/mol. The molecule has 1 aliphatic rings. The lowest BCUT2D eigenvalue weighted by Gasteiger charge is -2.32. The number of halogens is 1. The zero-order valence-electron chi connectivity index (χ0n) is 22.8. The fraction of sp³-hybridized carbons (Fsp3) is 0.300. The van der Waals surface area contributed by atoms with Gasteiger partial charge in [-0.05, 0) is 62.0 Å². The van der Waals surface area contributed by atoms with Crippen molar-refractivity contribution >= 4 is 11.7 Å². The van der Waals surface area contributed by atoms with E-state index in [1.165, 1.54) is 6.07 Å². The summed E-state index contributed by atoms with van der Waals surface area (Å²) in [7, 11) is 2.06. The molecule has 0 radical (unpaired) electrons. The number of hydrogen-bond donors (Lipinski definition) is 3. The molecule has 0 aliphatic carbocycles. The Hall–Kier alpha value is -4.08. The number of rotatable bonds is 6. The first-order valence-corrected chi connectivity index (χ1v) is 13.2. The number of benzene rings is 2. The number of hydrazine groups is 1. The first-order valence-electron chi connectivity index (χ1n) is 13.2. The van der Waals surface area contributed by atoms with Gasteiger partial charge in [-0.2, -0.15) is 0 Å². The smallest absolute Gasteiger partial charge is 0.333 e. The number of aromatic nitrogens is 3. The Kier molecular flexibility index (Phi) is 7.72. The molecule has 5 rings (SSSR count). The Morgan fingerprint density at radius 1 is 0.974 bits per heavy atom. The third-order valence-electron chi connectivity index (χ3n) is 6.87. The molecule has 2 aromatic heterocycles. The second-order valence-electron chi connectivity index (χ2n) is 10.3. The van der Waals surface area contributed by atoms with E-state index in [9.17, 15) is 4.79 Å². The lowest BCUT2D eigenvalue weighted by atomic mass is 9.99. The summed E-state index contributed by atoms with van der Waals surface area (Å²) in [5.41, 5.74) is 8.71. The third-order valence-corrected chi connectivity index (χ3v) is 6.87. The maximum atomic E-state index is 15.1. The molecule has 3 N–H and O–H groups in total. The number of likely N-dealkylation sites (N-methyl/N-ethyl adjacent to an activating group) is 1. The maximum absolute atomic E-state index is 15.1. The Morgan fingerprint density at radius 3 is 2.38 bits per heavy atom. The number of urea groups is 1. The van der Waals surface area contributed by atoms with E-state index in [2.05, 4.69) is 46.5 Å². The van der Waals surface area contributed by atoms with Gasteiger partial charge in [0, 0.05) is 54.6 Å². The van der Waals surface area contributed by atoms with Crippen LogP contribution in [-0.2, 0) is 0 Å². The van der Waals surface area contributed by atoms with E-state index in [0.717, 1.165) is 60.3 Å². The fourth-order valence-corrected chi connectivity index (χ4v) is 4.59. The number of imidazole rings is 1. The van der Waals surface area contributed by atoms with Crippen LogP contribution in [0.2, 0.25) is 0 Å². The van der Waals surface area contributed by atoms with Crippen LogP contribution in [0.25, 0.3) is 33.8 Å². The average molecular weight is 528 g/mol. The number of amides is 2. The number of nitrogens with zero attached hydrogens (tertiary/aromatic N) is 4. The first kappa shape index (κ1) is 26.5. The molecule has 2 amide bonds. The Labute approximate surface area is 228 Å². The van der Waals surface area contributed by atoms with Crippen LogP contribution in [0.5, 0.6) is 0 Å². The van der Waals surface area contributed by atoms with Crippen molar-refractivity contribution in [1.82, 2.24) is 30.3 Å². The molecule has 4 aromatic rings. The van der Waals surface area contributed by atoms with Crippen LogP contribution in [0.1, 0.15) is 31.3 Å². The van der Waals surface area contributed by atoms with Crippen molar-refractivity contribution in [3.05, 3.63) is 78.0 Å². The lowest BCUT2D eigenvalue weighted by Crippen LogP contribution is -2.53. The largest absolute Gasteiger partial charge is 0.340 e. The lowest BCUT2D eigenvalue weighted by molar-refractivity contribution is 0.116. The fourth-order valence-electron chi connectivity index (χ4n) is 4.59. The molecule has 0 atom stereocenters. The van der Waals surface area contributed by atoms with Crippen molar-refractivity contribution < 1.29 is 9.18 Å². The number of piperazine rings is 1. The molecular formula is C30H34FN7O. The standard InChI is InChI=1S/C30H34FN7O/c1-19(2)29-34-27(28(35-29)26-7-5-6-20(3)32-26)22-10-13-25(31)24(18-22)21-8-11-23(12-9-21)33-30(39)36-38-16-14-37(4)15-17-38/h5-13,18-19H,14-17H2,1-4H3,(H,34,35)(H2,33,36,39). The average Bonchev–Trinajstić information content (AvgIpc) is 3.37. The molecule has 0 spiro atoms. The number of pyridine rings is 1. The van der Waals surface area contributed by atoms with E-state index in [0.29, 0.717) is 16.8 Å². The van der Waals surface area contributed by atoms with Crippen LogP contribution in [-0.4, -0.2) is 64.1 Å². The van der Waals surface area contributed by atoms with Crippen molar-refractivity contribution in [3.8, 4) is 33.8 Å². The second kappa shape index (κ2) is 11.3. The number of H-pyrrole nitrogens is 1. The van der Waals surface area contributed by atoms with Gasteiger partial charge in [0.1, 0.15) is 11.6 Å². The highest BCUT2D eigenvalue weighted by molar-refractivity contribution is 5.89. The van der Waals surface area contributed by atoms with Gasteiger partial charge in [0.2, 0.25) is 0 Å². The minimum atomic E-state index is -0.331. The summed E-state index contributed by atoms with van der Waals surface area (Å²) in [6.07, 6.45) is 0. The number of aromatic amines is 1. The van der Waals surface area contributed by atoms with Crippen LogP contribution in [0, 0.1) is 12.7 Å². The molecule has 39 heavy (non-hydrogen) atoms. The Balaban J connectivity index is 1.38. The van der Waals surface area contributed by atoms with E-state index in [-0.39, 0.29) is 17.8 Å². The van der Waals surface area contributed by atoms with Gasteiger partial charge >= 0.3 is 6.03 Å². The first-order chi connectivity index (χ1) is 18.8. The topological polar surface area (TPSA) is 89.2 Å². The van der Waals surface area contributed by atoms with Crippen molar-refractivity contribution in [2.24, 2.45) is 0 Å². The van der Waals surface area contributed by atoms with E-state index in [1.54, 1.807) is 30.3 Å². The molecule has 1 fully saturated rings. The van der Waals surface area contributed by atoms with Crippen molar-refractivity contribution in [1.29, 1.82) is 0 Å². The second-order valence-corrected chi connectivity index (χ2v) is 10.3. The molecule has 0 unspecified atom stereocenters. The summed E-state index contributed by atoms with van der Waals surface area (Å²) in [4.78, 5) is 27.6. The third kappa shape index (κ3) is 6.16. The monoisotopic (exact) mass is 527 g/mol. The van der Waals surface area contributed by atoms with Gasteiger partial charge in [-0.3, -0.25) is 10.4 Å². The quantitative estimate of drug-likeness (QED) is 0.301. The van der Waals surface area contributed by atoms with E-state index in [1.807, 2.05) is 36.2 Å². The van der Waals surface area contributed by atoms with Crippen molar-refractivity contribution in [2.75, 3.05) is 38.5 Å². The van der Waals surface area contributed by atoms with Crippen LogP contribution in [0.4, 0.5) is 14.9 Å². The Bertz CT molecular complexity index is 1460. The van der Waals surface area contributed by atoms with Gasteiger partial charge in [0.05, 0.1) is 17.1 Å². The molecule has 8 nitrogen and oxygen atoms in total. The summed E-state index contributed by atoms with van der Waals surface area (Å²) < 4.78 is 15.1. The molecule has 0 saturated carbocycles. The Morgan fingerprint density at radius 2 is 1.69 bits per heavy atom. The normalized spacial score (nSPS) is 14.5. The molecule has 202 valence electrons. The van der Waals surface area contributed by atoms with Gasteiger partial charge in [-0.1, -0.05) is 32.0 Å². The summed E-state index contributed by atoms with van der Waals surface area (Å²) in [5.74, 6) is 0.706. The van der Waals surface area contributed by atoms with Gasteiger partial charge in [0.25, 0.3) is 0 Å². The molecule has 1 aliphatic heterocycles. The van der Waals surface area contributed by atoms with E-state index in [4.69, 9.17) is 4.98 Å². The van der Waals surface area contributed by atoms with E-state index >= 15 is 4.39 Å². The number of carbonyl (C=O) groups is 1. The van der Waals surface area contributed by atoms with Crippen LogP contribution in [0.3, 0.4) is 0 Å². The summed E-state index contributed by atoms with van der Waals surface area (Å²) in [6.45, 7) is 9.46. The zero-order chi connectivity index (χ0) is 27.5. The zero-order valence-corrected chi connectivity index (χ0v) is 22.8. The maximum Gasteiger partial charge on any atom is 0.333 e. The highest BCUT2D eigenvalue weighted by atomic mass is 19.1. The molecule has 1 saturated heterocycles. The van der Waals surface area contributed by atoms with Gasteiger partial charge in [-0.25, -0.2) is 19.2 Å². The highest BCUT2D eigenvalue weighted by Crippen LogP contribution is 2.34. The summed E-state index contributed by atoms with van der Waals surface area (Å²) >= 11 is 0. The number of aryl methyl sites for hydroxylation is 1. The molecule has 9 heteroatoms. The number of anilines is 1. The highest BCUT2D eigenvalue weighted by Gasteiger charge is 2.19. The minimum Gasteiger partial charge on any atom is -0.340 e. The summed E-state index contributed by atoms with van der Waals surface area (Å²) in [5, 5.41) is 4.76. The molecular weight excluding hydrogens is 493 g/mol. The van der Waals surface area contributed by atoms with Gasteiger partial charge in [0.15, 0.2) is 0 Å². The SMILES string of the molecule is Cc1cccc(-c2[nH]c(C(C)C)nc2-c2ccc(F)c(-c3ccc(NC(=O)NN4CCN(C)CC4)cc3)c2)n1. The molecule has 0 bridgehead atoms. The van der Waals surface area contributed by atoms with Crippen LogP contribution < -0.4 is 10.7 Å². The van der Waals surface area contributed by atoms with Gasteiger partial charge < -0.3 is 15.2 Å². The number of carbonyl (C=O) groups excluding carboxylic acids is 1. The number of nitrogens with one attached hydrogen (secondary N) is 3. The van der Waals surface area contributed by atoms with Gasteiger partial charge in [-0.15, -0.1) is 0 Å². The minimum absolute atomic E-state index is 0.190. The number of hydrogen-bond acceptors (Lipinski definition) is 5. The van der Waals surface area contributed by atoms with Crippen LogP contribution in [0.15, 0.2) is 60.7 Å². The molecule has 3 heterocycles. The predicted octanol–water partition coefficient (Wildman–Crippen LogP) is 5.66. The molecule has 2 aromatic carbocycles. The van der Waals surface area contributed by atoms with Crippen molar-refractivity contribution in [2.45, 2.75) is 26.7 Å². The van der Waals surface area contributed by atoms with E-state index < -0.39 is 0 Å². The van der Waals surface area contributed by atoms with Crippen LogP contribution >= 0.6 is 0 Å². The van der Waals surface area contributed by atoms with Crippen molar-refractivity contribution in [3.63, 3.8) is 0 Å².